The van der Waals surface area contributed by atoms with Crippen LogP contribution >= 0.6 is 11.6 Å². The molecule has 1 aliphatic carbocycles. The molecule has 1 heterocycles. The first-order chi connectivity index (χ1) is 9.40. The lowest BCUT2D eigenvalue weighted by Gasteiger charge is -2.29. The Morgan fingerprint density at radius 3 is 2.75 bits per heavy atom. The lowest BCUT2D eigenvalue weighted by Crippen LogP contribution is -2.29. The van der Waals surface area contributed by atoms with Gasteiger partial charge in [0, 0.05) is 18.8 Å². The Hall–Kier alpha value is -1.01. The summed E-state index contributed by atoms with van der Waals surface area (Å²) in [6.45, 7) is 0.131. The number of alkyl halides is 3. The predicted molar refractivity (Wildman–Crippen MR) is 70.7 cm³/mol. The summed E-state index contributed by atoms with van der Waals surface area (Å²) in [5, 5.41) is 12.2. The molecule has 0 amide bonds. The molecule has 1 aromatic rings. The van der Waals surface area contributed by atoms with Crippen LogP contribution < -0.4 is 5.32 Å². The van der Waals surface area contributed by atoms with Crippen molar-refractivity contribution in [1.82, 2.24) is 4.98 Å². The van der Waals surface area contributed by atoms with E-state index in [9.17, 15) is 13.2 Å². The number of rotatable bonds is 3. The van der Waals surface area contributed by atoms with Gasteiger partial charge < -0.3 is 10.4 Å². The maximum absolute atomic E-state index is 12.5. The molecule has 0 spiro atoms. The number of halogens is 4. The fourth-order valence-electron chi connectivity index (χ4n) is 2.48. The van der Waals surface area contributed by atoms with Crippen LogP contribution in [-0.2, 0) is 6.18 Å². The van der Waals surface area contributed by atoms with Gasteiger partial charge in [-0.3, -0.25) is 0 Å². The highest BCUT2D eigenvalue weighted by atomic mass is 35.5. The predicted octanol–water partition coefficient (Wildman–Crippen LogP) is 3.72. The van der Waals surface area contributed by atoms with E-state index in [2.05, 4.69) is 10.3 Å². The van der Waals surface area contributed by atoms with Gasteiger partial charge in [-0.25, -0.2) is 4.98 Å². The number of aromatic nitrogens is 1. The van der Waals surface area contributed by atoms with E-state index >= 15 is 0 Å². The minimum absolute atomic E-state index is 0.0362. The molecular formula is C13H16ClF3N2O. The number of nitrogens with zero attached hydrogens (tertiary/aromatic N) is 1. The standard InChI is InChI=1S/C13H16ClF3N2O/c14-11-5-9(13(15,16)17)6-18-12(11)19-10-3-1-2-8(4-10)7-20/h5-6,8,10,20H,1-4,7H2,(H,18,19)/t8-,10-/m1/s1. The van der Waals surface area contributed by atoms with Crippen LogP contribution in [0.1, 0.15) is 31.2 Å². The summed E-state index contributed by atoms with van der Waals surface area (Å²) in [4.78, 5) is 3.76. The van der Waals surface area contributed by atoms with Crippen molar-refractivity contribution < 1.29 is 18.3 Å². The minimum Gasteiger partial charge on any atom is -0.396 e. The molecule has 0 bridgehead atoms. The van der Waals surface area contributed by atoms with Crippen molar-refractivity contribution in [2.75, 3.05) is 11.9 Å². The van der Waals surface area contributed by atoms with E-state index in [-0.39, 0.29) is 29.4 Å². The van der Waals surface area contributed by atoms with Crippen LogP contribution in [0.25, 0.3) is 0 Å². The van der Waals surface area contributed by atoms with Crippen LogP contribution in [0.2, 0.25) is 5.02 Å². The van der Waals surface area contributed by atoms with E-state index in [0.717, 1.165) is 37.9 Å². The zero-order valence-corrected chi connectivity index (χ0v) is 11.5. The van der Waals surface area contributed by atoms with Gasteiger partial charge in [-0.05, 0) is 31.2 Å². The largest absolute Gasteiger partial charge is 0.417 e. The van der Waals surface area contributed by atoms with Crippen LogP contribution in [0.3, 0.4) is 0 Å². The van der Waals surface area contributed by atoms with E-state index in [1.807, 2.05) is 0 Å². The molecule has 1 saturated carbocycles. The van der Waals surface area contributed by atoms with Crippen molar-refractivity contribution in [3.05, 3.63) is 22.8 Å². The van der Waals surface area contributed by atoms with Gasteiger partial charge in [0.1, 0.15) is 5.82 Å². The van der Waals surface area contributed by atoms with Gasteiger partial charge in [-0.15, -0.1) is 0 Å². The topological polar surface area (TPSA) is 45.1 Å². The Labute approximate surface area is 120 Å². The van der Waals surface area contributed by atoms with Crippen LogP contribution in [0.15, 0.2) is 12.3 Å². The van der Waals surface area contributed by atoms with Gasteiger partial charge in [0.25, 0.3) is 0 Å². The SMILES string of the molecule is OC[C@@H]1CCC[C@@H](Nc2ncc(C(F)(F)F)cc2Cl)C1. The second-order valence-corrected chi connectivity index (χ2v) is 5.52. The highest BCUT2D eigenvalue weighted by Gasteiger charge is 2.32. The van der Waals surface area contributed by atoms with Crippen LogP contribution in [-0.4, -0.2) is 22.7 Å². The van der Waals surface area contributed by atoms with E-state index in [4.69, 9.17) is 16.7 Å². The molecule has 0 saturated heterocycles. The molecule has 7 heteroatoms. The Balaban J connectivity index is 2.06. The summed E-state index contributed by atoms with van der Waals surface area (Å²) in [6.07, 6.45) is -0.0440. The fourth-order valence-corrected chi connectivity index (χ4v) is 2.70. The molecule has 0 radical (unpaired) electrons. The number of hydrogen-bond donors (Lipinski definition) is 2. The summed E-state index contributed by atoms with van der Waals surface area (Å²) in [7, 11) is 0. The van der Waals surface area contributed by atoms with Crippen molar-refractivity contribution >= 4 is 17.4 Å². The maximum Gasteiger partial charge on any atom is 0.417 e. The number of aliphatic hydroxyl groups is 1. The van der Waals surface area contributed by atoms with E-state index < -0.39 is 11.7 Å². The lowest BCUT2D eigenvalue weighted by molar-refractivity contribution is -0.137. The van der Waals surface area contributed by atoms with Crippen molar-refractivity contribution in [3.63, 3.8) is 0 Å². The molecule has 1 aliphatic rings. The van der Waals surface area contributed by atoms with Gasteiger partial charge in [0.15, 0.2) is 0 Å². The summed E-state index contributed by atoms with van der Waals surface area (Å²) in [6, 6.07) is 0.964. The Morgan fingerprint density at radius 2 is 2.15 bits per heavy atom. The Bertz CT molecular complexity index is 467. The summed E-state index contributed by atoms with van der Waals surface area (Å²) >= 11 is 5.85. The lowest BCUT2D eigenvalue weighted by atomic mass is 9.86. The number of nitrogens with one attached hydrogen (secondary N) is 1. The number of aliphatic hydroxyl groups excluding tert-OH is 1. The highest BCUT2D eigenvalue weighted by molar-refractivity contribution is 6.33. The normalized spacial score (nSPS) is 23.6. The van der Waals surface area contributed by atoms with Gasteiger partial charge in [0.05, 0.1) is 10.6 Å². The summed E-state index contributed by atoms with van der Waals surface area (Å²) < 4.78 is 37.5. The van der Waals surface area contributed by atoms with Crippen molar-refractivity contribution in [2.24, 2.45) is 5.92 Å². The molecule has 2 N–H and O–H groups in total. The molecule has 1 fully saturated rings. The van der Waals surface area contributed by atoms with Crippen molar-refractivity contribution in [3.8, 4) is 0 Å². The molecule has 0 aromatic carbocycles. The molecule has 2 atom stereocenters. The smallest absolute Gasteiger partial charge is 0.396 e. The number of pyridine rings is 1. The van der Waals surface area contributed by atoms with Crippen LogP contribution in [0.5, 0.6) is 0 Å². The average molecular weight is 309 g/mol. The van der Waals surface area contributed by atoms with Gasteiger partial charge in [-0.1, -0.05) is 18.0 Å². The molecule has 20 heavy (non-hydrogen) atoms. The van der Waals surface area contributed by atoms with Crippen molar-refractivity contribution in [2.45, 2.75) is 37.9 Å². The maximum atomic E-state index is 12.5. The Morgan fingerprint density at radius 1 is 1.40 bits per heavy atom. The van der Waals surface area contributed by atoms with E-state index in [1.165, 1.54) is 0 Å². The quantitative estimate of drug-likeness (QED) is 0.894. The molecule has 0 unspecified atom stereocenters. The van der Waals surface area contributed by atoms with E-state index in [0.29, 0.717) is 0 Å². The molecule has 0 aliphatic heterocycles. The van der Waals surface area contributed by atoms with E-state index in [1.54, 1.807) is 0 Å². The fraction of sp³-hybridized carbons (Fsp3) is 0.615. The molecule has 1 aromatic heterocycles. The first kappa shape index (κ1) is 15.4. The second-order valence-electron chi connectivity index (χ2n) is 5.11. The summed E-state index contributed by atoms with van der Waals surface area (Å²) in [5.41, 5.74) is -0.857. The van der Waals surface area contributed by atoms with Gasteiger partial charge >= 0.3 is 6.18 Å². The third-order valence-corrected chi connectivity index (χ3v) is 3.84. The minimum atomic E-state index is -4.44. The average Bonchev–Trinajstić information content (AvgIpc) is 2.40. The third kappa shape index (κ3) is 3.76. The monoisotopic (exact) mass is 308 g/mol. The van der Waals surface area contributed by atoms with Crippen LogP contribution in [0.4, 0.5) is 19.0 Å². The number of anilines is 1. The molecule has 112 valence electrons. The molecule has 3 nitrogen and oxygen atoms in total. The van der Waals surface area contributed by atoms with Crippen LogP contribution in [0, 0.1) is 5.92 Å². The molecular weight excluding hydrogens is 293 g/mol. The highest BCUT2D eigenvalue weighted by Crippen LogP contribution is 2.33. The van der Waals surface area contributed by atoms with Gasteiger partial charge in [0.2, 0.25) is 0 Å². The zero-order valence-electron chi connectivity index (χ0n) is 10.8. The van der Waals surface area contributed by atoms with Gasteiger partial charge in [-0.2, -0.15) is 13.2 Å². The Kier molecular flexibility index (Phi) is 4.75. The first-order valence-corrected chi connectivity index (χ1v) is 6.88. The second kappa shape index (κ2) is 6.18. The van der Waals surface area contributed by atoms with Crippen molar-refractivity contribution in [1.29, 1.82) is 0 Å². The number of hydrogen-bond acceptors (Lipinski definition) is 3. The summed E-state index contributed by atoms with van der Waals surface area (Å²) in [5.74, 6) is 0.498. The first-order valence-electron chi connectivity index (χ1n) is 6.50. The third-order valence-electron chi connectivity index (χ3n) is 3.55. The molecule has 2 rings (SSSR count). The zero-order chi connectivity index (χ0) is 14.8.